The molecule has 2 nitrogen and oxygen atoms in total. The summed E-state index contributed by atoms with van der Waals surface area (Å²) in [4.78, 5) is 2.76. The summed E-state index contributed by atoms with van der Waals surface area (Å²) < 4.78 is 0. The average Bonchev–Trinajstić information content (AvgIpc) is 2.86. The third kappa shape index (κ3) is 2.75. The third-order valence-electron chi connectivity index (χ3n) is 5.67. The lowest BCUT2D eigenvalue weighted by Gasteiger charge is -2.42. The maximum atomic E-state index is 3.99. The van der Waals surface area contributed by atoms with Gasteiger partial charge < -0.3 is 5.32 Å². The minimum absolute atomic E-state index is 0.788. The van der Waals surface area contributed by atoms with Crippen LogP contribution in [-0.2, 0) is 0 Å². The van der Waals surface area contributed by atoms with Crippen molar-refractivity contribution in [2.75, 3.05) is 13.1 Å². The highest BCUT2D eigenvalue weighted by Gasteiger charge is 2.33. The van der Waals surface area contributed by atoms with Gasteiger partial charge >= 0.3 is 0 Å². The molecule has 0 amide bonds. The fourth-order valence-electron chi connectivity index (χ4n) is 4.60. The van der Waals surface area contributed by atoms with Gasteiger partial charge in [-0.25, -0.2) is 0 Å². The van der Waals surface area contributed by atoms with E-state index in [1.807, 2.05) is 0 Å². The number of rotatable bonds is 3. The first-order valence-corrected chi connectivity index (χ1v) is 8.37. The second-order valence-electron chi connectivity index (χ2n) is 6.79. The fraction of sp³-hybridized carbons (Fsp3) is 1.00. The van der Waals surface area contributed by atoms with Crippen LogP contribution in [-0.4, -0.2) is 36.1 Å². The summed E-state index contributed by atoms with van der Waals surface area (Å²) in [7, 11) is 0. The van der Waals surface area contributed by atoms with E-state index in [2.05, 4.69) is 17.1 Å². The first-order valence-electron chi connectivity index (χ1n) is 8.37. The Morgan fingerprint density at radius 2 is 1.89 bits per heavy atom. The number of fused-ring (bicyclic) bond motifs is 1. The molecule has 0 radical (unpaired) electrons. The molecule has 3 rings (SSSR count). The number of nitrogens with one attached hydrogen (secondary N) is 1. The van der Waals surface area contributed by atoms with E-state index in [1.165, 1.54) is 70.9 Å². The van der Waals surface area contributed by atoms with Crippen LogP contribution in [0.5, 0.6) is 0 Å². The molecule has 3 fully saturated rings. The van der Waals surface area contributed by atoms with E-state index < -0.39 is 0 Å². The van der Waals surface area contributed by atoms with Crippen LogP contribution in [0.2, 0.25) is 0 Å². The van der Waals surface area contributed by atoms with Crippen LogP contribution in [0, 0.1) is 5.92 Å². The van der Waals surface area contributed by atoms with Crippen molar-refractivity contribution in [1.82, 2.24) is 10.2 Å². The monoisotopic (exact) mass is 250 g/mol. The van der Waals surface area contributed by atoms with Crippen molar-refractivity contribution in [3.8, 4) is 0 Å². The number of piperidine rings is 1. The van der Waals surface area contributed by atoms with Crippen molar-refractivity contribution in [3.63, 3.8) is 0 Å². The molecular weight excluding hydrogens is 220 g/mol. The first-order chi connectivity index (χ1) is 8.86. The highest BCUT2D eigenvalue weighted by atomic mass is 15.2. The Bertz CT molecular complexity index is 266. The summed E-state index contributed by atoms with van der Waals surface area (Å²) in [6.45, 7) is 5.03. The molecule has 2 aliphatic heterocycles. The van der Waals surface area contributed by atoms with E-state index in [0.717, 1.165) is 24.0 Å². The Morgan fingerprint density at radius 3 is 2.78 bits per heavy atom. The zero-order valence-electron chi connectivity index (χ0n) is 12.0. The van der Waals surface area contributed by atoms with E-state index in [0.29, 0.717) is 0 Å². The summed E-state index contributed by atoms with van der Waals surface area (Å²) in [6, 6.07) is 2.53. The van der Waals surface area contributed by atoms with Gasteiger partial charge in [0.25, 0.3) is 0 Å². The lowest BCUT2D eigenvalue weighted by molar-refractivity contribution is 0.137. The number of likely N-dealkylation sites (tertiary alicyclic amines) is 1. The normalized spacial score (nSPS) is 41.8. The van der Waals surface area contributed by atoms with Crippen molar-refractivity contribution in [1.29, 1.82) is 0 Å². The van der Waals surface area contributed by atoms with E-state index in [-0.39, 0.29) is 0 Å². The van der Waals surface area contributed by atoms with Crippen molar-refractivity contribution < 1.29 is 0 Å². The molecule has 0 bridgehead atoms. The molecule has 4 atom stereocenters. The van der Waals surface area contributed by atoms with Crippen LogP contribution in [0.1, 0.15) is 64.7 Å². The van der Waals surface area contributed by atoms with Gasteiger partial charge in [0.2, 0.25) is 0 Å². The summed E-state index contributed by atoms with van der Waals surface area (Å²) in [5.41, 5.74) is 0. The molecule has 1 N–H and O–H groups in total. The third-order valence-corrected chi connectivity index (χ3v) is 5.67. The minimum Gasteiger partial charge on any atom is -0.310 e. The summed E-state index contributed by atoms with van der Waals surface area (Å²) in [5.74, 6) is 1.01. The minimum atomic E-state index is 0.788. The lowest BCUT2D eigenvalue weighted by atomic mass is 9.77. The molecule has 2 saturated heterocycles. The molecule has 1 saturated carbocycles. The van der Waals surface area contributed by atoms with Gasteiger partial charge in [0.15, 0.2) is 0 Å². The van der Waals surface area contributed by atoms with Crippen molar-refractivity contribution in [2.24, 2.45) is 5.92 Å². The van der Waals surface area contributed by atoms with Gasteiger partial charge in [0.05, 0.1) is 0 Å². The van der Waals surface area contributed by atoms with Crippen LogP contribution >= 0.6 is 0 Å². The van der Waals surface area contributed by atoms with Gasteiger partial charge in [-0.3, -0.25) is 4.90 Å². The lowest BCUT2D eigenvalue weighted by Crippen LogP contribution is -2.53. The zero-order valence-corrected chi connectivity index (χ0v) is 12.0. The number of hydrogen-bond acceptors (Lipinski definition) is 2. The maximum Gasteiger partial charge on any atom is 0.0197 e. The highest BCUT2D eigenvalue weighted by Crippen LogP contribution is 2.33. The first kappa shape index (κ1) is 12.9. The molecule has 3 aliphatic rings. The van der Waals surface area contributed by atoms with E-state index in [9.17, 15) is 0 Å². The van der Waals surface area contributed by atoms with Crippen molar-refractivity contribution in [3.05, 3.63) is 0 Å². The van der Waals surface area contributed by atoms with Crippen LogP contribution < -0.4 is 5.32 Å². The molecule has 0 aromatic carbocycles. The summed E-state index contributed by atoms with van der Waals surface area (Å²) in [6.07, 6.45) is 13.0. The SMILES string of the molecule is CCC1CCCN1CC1CCC2CCCCC2N1. The molecule has 104 valence electrons. The Morgan fingerprint density at radius 1 is 1.00 bits per heavy atom. The van der Waals surface area contributed by atoms with Crippen LogP contribution in [0.25, 0.3) is 0 Å². The standard InChI is InChI=1S/C16H30N2/c1-2-15-7-5-11-18(15)12-14-10-9-13-6-3-4-8-16(13)17-14/h13-17H,2-12H2,1H3. The number of nitrogens with zero attached hydrogens (tertiary/aromatic N) is 1. The van der Waals surface area contributed by atoms with Crippen LogP contribution in [0.4, 0.5) is 0 Å². The fourth-order valence-corrected chi connectivity index (χ4v) is 4.60. The molecule has 1 aliphatic carbocycles. The molecular formula is C16H30N2. The Hall–Kier alpha value is -0.0800. The van der Waals surface area contributed by atoms with Gasteiger partial charge in [-0.15, -0.1) is 0 Å². The summed E-state index contributed by atoms with van der Waals surface area (Å²) in [5, 5.41) is 3.99. The van der Waals surface area contributed by atoms with Gasteiger partial charge in [-0.1, -0.05) is 19.8 Å². The second-order valence-corrected chi connectivity index (χ2v) is 6.79. The molecule has 0 spiro atoms. The molecule has 4 unspecified atom stereocenters. The average molecular weight is 250 g/mol. The Labute approximate surface area is 113 Å². The molecule has 0 aromatic heterocycles. The van der Waals surface area contributed by atoms with Crippen LogP contribution in [0.3, 0.4) is 0 Å². The van der Waals surface area contributed by atoms with Gasteiger partial charge in [0, 0.05) is 24.7 Å². The molecule has 0 aromatic rings. The quantitative estimate of drug-likeness (QED) is 0.827. The predicted molar refractivity (Wildman–Crippen MR) is 76.8 cm³/mol. The van der Waals surface area contributed by atoms with Gasteiger partial charge in [-0.2, -0.15) is 0 Å². The Kier molecular flexibility index (Phi) is 4.25. The molecule has 2 heterocycles. The number of hydrogen-bond donors (Lipinski definition) is 1. The van der Waals surface area contributed by atoms with E-state index in [1.54, 1.807) is 0 Å². The van der Waals surface area contributed by atoms with Crippen molar-refractivity contribution >= 4 is 0 Å². The molecule has 2 heteroatoms. The van der Waals surface area contributed by atoms with Crippen LogP contribution in [0.15, 0.2) is 0 Å². The van der Waals surface area contributed by atoms with Crippen molar-refractivity contribution in [2.45, 2.75) is 82.8 Å². The van der Waals surface area contributed by atoms with E-state index in [4.69, 9.17) is 0 Å². The highest BCUT2D eigenvalue weighted by molar-refractivity contribution is 4.91. The second kappa shape index (κ2) is 5.92. The topological polar surface area (TPSA) is 15.3 Å². The summed E-state index contributed by atoms with van der Waals surface area (Å²) >= 11 is 0. The largest absolute Gasteiger partial charge is 0.310 e. The molecule has 18 heavy (non-hydrogen) atoms. The van der Waals surface area contributed by atoms with Gasteiger partial charge in [-0.05, 0) is 57.4 Å². The maximum absolute atomic E-state index is 3.99. The van der Waals surface area contributed by atoms with Gasteiger partial charge in [0.1, 0.15) is 0 Å². The predicted octanol–water partition coefficient (Wildman–Crippen LogP) is 3.17. The Balaban J connectivity index is 1.51. The zero-order chi connectivity index (χ0) is 12.4. The van der Waals surface area contributed by atoms with E-state index >= 15 is 0 Å². The smallest absolute Gasteiger partial charge is 0.0197 e.